The zero-order valence-corrected chi connectivity index (χ0v) is 17.0. The Bertz CT molecular complexity index is 735. The Morgan fingerprint density at radius 1 is 1.16 bits per heavy atom. The van der Waals surface area contributed by atoms with Crippen LogP contribution in [0.4, 0.5) is 26.3 Å². The molecule has 0 bridgehead atoms. The van der Waals surface area contributed by atoms with E-state index in [1.807, 2.05) is 6.07 Å². The first-order valence-electron chi connectivity index (χ1n) is 9.11. The number of rotatable bonds is 3. The molecule has 2 N–H and O–H groups in total. The van der Waals surface area contributed by atoms with Crippen LogP contribution in [0.1, 0.15) is 18.9 Å². The Hall–Kier alpha value is -2.61. The number of pyridine rings is 1. The van der Waals surface area contributed by atoms with Crippen LogP contribution >= 0.6 is 0 Å². The van der Waals surface area contributed by atoms with E-state index in [9.17, 15) is 26.3 Å². The third-order valence-corrected chi connectivity index (χ3v) is 4.42. The van der Waals surface area contributed by atoms with Crippen LogP contribution in [-0.2, 0) is 20.9 Å². The number of likely N-dealkylation sites (tertiary alicyclic amines) is 1. The van der Waals surface area contributed by atoms with Crippen molar-refractivity contribution in [1.82, 2.24) is 9.88 Å². The van der Waals surface area contributed by atoms with Gasteiger partial charge in [0, 0.05) is 37.3 Å². The van der Waals surface area contributed by atoms with Crippen molar-refractivity contribution >= 4 is 11.9 Å². The second kappa shape index (κ2) is 11.3. The number of aromatic nitrogens is 1. The van der Waals surface area contributed by atoms with Crippen LogP contribution in [0.5, 0.6) is 5.88 Å². The van der Waals surface area contributed by atoms with Crippen molar-refractivity contribution in [2.24, 2.45) is 5.92 Å². The van der Waals surface area contributed by atoms with Gasteiger partial charge in [-0.2, -0.15) is 26.3 Å². The second-order valence-corrected chi connectivity index (χ2v) is 6.95. The van der Waals surface area contributed by atoms with Gasteiger partial charge in [-0.15, -0.1) is 0 Å². The number of alkyl halides is 6. The summed E-state index contributed by atoms with van der Waals surface area (Å²) in [6.45, 7) is 5.24. The molecule has 3 heterocycles. The van der Waals surface area contributed by atoms with Gasteiger partial charge in [-0.1, -0.05) is 6.07 Å². The summed E-state index contributed by atoms with van der Waals surface area (Å²) < 4.78 is 74.7. The smallest absolute Gasteiger partial charge is 0.481 e. The fourth-order valence-electron chi connectivity index (χ4n) is 3.19. The lowest BCUT2D eigenvalue weighted by Gasteiger charge is -2.18. The zero-order valence-electron chi connectivity index (χ0n) is 17.0. The minimum Gasteiger partial charge on any atom is -0.481 e. The lowest BCUT2D eigenvalue weighted by atomic mass is 10.0. The summed E-state index contributed by atoms with van der Waals surface area (Å²) in [6.07, 6.45) is -6.32. The maximum Gasteiger partial charge on any atom is 0.490 e. The molecule has 0 amide bonds. The van der Waals surface area contributed by atoms with E-state index in [1.165, 1.54) is 6.42 Å². The maximum absolute atomic E-state index is 10.6. The zero-order chi connectivity index (χ0) is 24.7. The average Bonchev–Trinajstić information content (AvgIpc) is 3.18. The van der Waals surface area contributed by atoms with E-state index in [-0.39, 0.29) is 0 Å². The molecule has 0 unspecified atom stereocenters. The molecule has 0 spiro atoms. The molecule has 8 nitrogen and oxygen atoms in total. The molecule has 2 saturated heterocycles. The molecular weight excluding hydrogens is 454 g/mol. The minimum absolute atomic E-state index is 0.433. The second-order valence-electron chi connectivity index (χ2n) is 6.95. The molecule has 1 aromatic heterocycles. The predicted octanol–water partition coefficient (Wildman–Crippen LogP) is 2.97. The summed E-state index contributed by atoms with van der Waals surface area (Å²) in [4.78, 5) is 24.5. The van der Waals surface area contributed by atoms with Crippen LogP contribution in [0.2, 0.25) is 0 Å². The Balaban J connectivity index is 0.000000305. The van der Waals surface area contributed by atoms with Gasteiger partial charge in [0.05, 0.1) is 19.3 Å². The number of carboxylic acids is 2. The number of carboxylic acid groups (broad SMARTS) is 2. The molecule has 3 rings (SSSR count). The van der Waals surface area contributed by atoms with E-state index < -0.39 is 24.3 Å². The number of methoxy groups -OCH3 is 1. The number of hydrogen-bond donors (Lipinski definition) is 2. The molecule has 3 atom stereocenters. The molecule has 14 heteroatoms. The number of aliphatic carboxylic acids is 2. The first-order chi connectivity index (χ1) is 14.6. The van der Waals surface area contributed by atoms with E-state index in [0.29, 0.717) is 18.1 Å². The van der Waals surface area contributed by atoms with Gasteiger partial charge in [0.15, 0.2) is 0 Å². The minimum atomic E-state index is -5.08. The fourth-order valence-corrected chi connectivity index (χ4v) is 3.19. The number of hydrogen-bond acceptors (Lipinski definition) is 6. The number of fused-ring (bicyclic) bond motifs is 1. The van der Waals surface area contributed by atoms with Crippen LogP contribution in [0.15, 0.2) is 18.3 Å². The molecule has 2 aliphatic heterocycles. The van der Waals surface area contributed by atoms with Crippen molar-refractivity contribution in [3.8, 4) is 5.88 Å². The Morgan fingerprint density at radius 2 is 1.69 bits per heavy atom. The fraction of sp³-hybridized carbons (Fsp3) is 0.611. The van der Waals surface area contributed by atoms with Crippen LogP contribution in [-0.4, -0.2) is 76.8 Å². The topological polar surface area (TPSA) is 109 Å². The molecule has 32 heavy (non-hydrogen) atoms. The van der Waals surface area contributed by atoms with Gasteiger partial charge in [0.1, 0.15) is 0 Å². The van der Waals surface area contributed by atoms with Gasteiger partial charge >= 0.3 is 24.3 Å². The Morgan fingerprint density at radius 3 is 2.12 bits per heavy atom. The Labute approximate surface area is 178 Å². The summed E-state index contributed by atoms with van der Waals surface area (Å²) in [5, 5.41) is 14.2. The number of halogens is 6. The third-order valence-electron chi connectivity index (χ3n) is 4.42. The van der Waals surface area contributed by atoms with Gasteiger partial charge in [0.25, 0.3) is 0 Å². The first kappa shape index (κ1) is 27.4. The average molecular weight is 476 g/mol. The third kappa shape index (κ3) is 8.86. The molecule has 2 aliphatic rings. The summed E-state index contributed by atoms with van der Waals surface area (Å²) in [7, 11) is 1.68. The van der Waals surface area contributed by atoms with E-state index in [1.54, 1.807) is 13.3 Å². The standard InChI is InChI=1S/C14H20N2O2.2C2HF3O2/c1-10-6-12-8-16(9-13(12)18-10)7-11-4-3-5-15-14(11)17-2;2*3-2(4,5)1(6)7/h3-5,10,12-13H,6-9H2,1-2H3;2*(H,6,7)/t10-,12+,13-;;/m1../s1. The normalized spacial score (nSPS) is 22.7. The van der Waals surface area contributed by atoms with Crippen molar-refractivity contribution in [3.63, 3.8) is 0 Å². The van der Waals surface area contributed by atoms with Crippen LogP contribution in [0, 0.1) is 5.92 Å². The van der Waals surface area contributed by atoms with Crippen molar-refractivity contribution in [2.75, 3.05) is 20.2 Å². The molecule has 0 radical (unpaired) electrons. The van der Waals surface area contributed by atoms with Crippen molar-refractivity contribution in [3.05, 3.63) is 23.9 Å². The van der Waals surface area contributed by atoms with Crippen molar-refractivity contribution < 1.29 is 55.6 Å². The van der Waals surface area contributed by atoms with E-state index in [2.05, 4.69) is 22.9 Å². The van der Waals surface area contributed by atoms with Crippen LogP contribution < -0.4 is 4.74 Å². The van der Waals surface area contributed by atoms with Crippen molar-refractivity contribution in [1.29, 1.82) is 0 Å². The van der Waals surface area contributed by atoms with E-state index in [4.69, 9.17) is 29.3 Å². The SMILES string of the molecule is COc1ncccc1CN1C[C@@H]2C[C@@H](C)O[C@@H]2C1.O=C(O)C(F)(F)F.O=C(O)C(F)(F)F. The number of nitrogens with zero attached hydrogens (tertiary/aromatic N) is 2. The lowest BCUT2D eigenvalue weighted by molar-refractivity contribution is -0.193. The van der Waals surface area contributed by atoms with E-state index in [0.717, 1.165) is 31.1 Å². The summed E-state index contributed by atoms with van der Waals surface area (Å²) >= 11 is 0. The van der Waals surface area contributed by atoms with Gasteiger partial charge in [-0.25, -0.2) is 14.6 Å². The highest BCUT2D eigenvalue weighted by Gasteiger charge is 2.40. The Kier molecular flexibility index (Phi) is 9.70. The summed E-state index contributed by atoms with van der Waals surface area (Å²) in [6, 6.07) is 4.05. The molecule has 0 aliphatic carbocycles. The van der Waals surface area contributed by atoms with Gasteiger partial charge in [-0.3, -0.25) is 4.90 Å². The van der Waals surface area contributed by atoms with Gasteiger partial charge in [-0.05, 0) is 19.4 Å². The number of ether oxygens (including phenoxy) is 2. The first-order valence-corrected chi connectivity index (χ1v) is 9.11. The highest BCUT2D eigenvalue weighted by atomic mass is 19.4. The lowest BCUT2D eigenvalue weighted by Crippen LogP contribution is -2.24. The maximum atomic E-state index is 10.6. The highest BCUT2D eigenvalue weighted by Crippen LogP contribution is 2.33. The van der Waals surface area contributed by atoms with Gasteiger partial charge in [0.2, 0.25) is 5.88 Å². The predicted molar refractivity (Wildman–Crippen MR) is 95.9 cm³/mol. The summed E-state index contributed by atoms with van der Waals surface area (Å²) in [5.41, 5.74) is 1.16. The summed E-state index contributed by atoms with van der Waals surface area (Å²) in [5.74, 6) is -4.06. The van der Waals surface area contributed by atoms with Crippen molar-refractivity contribution in [2.45, 2.75) is 44.4 Å². The monoisotopic (exact) mass is 476 g/mol. The number of carbonyl (C=O) groups is 2. The quantitative estimate of drug-likeness (QED) is 0.641. The van der Waals surface area contributed by atoms with Crippen LogP contribution in [0.25, 0.3) is 0 Å². The molecular formula is C18H22F6N2O6. The highest BCUT2D eigenvalue weighted by molar-refractivity contribution is 5.73. The van der Waals surface area contributed by atoms with E-state index >= 15 is 0 Å². The molecule has 1 aromatic rings. The molecule has 2 fully saturated rings. The van der Waals surface area contributed by atoms with Gasteiger partial charge < -0.3 is 19.7 Å². The molecule has 0 aromatic carbocycles. The largest absolute Gasteiger partial charge is 0.490 e. The molecule has 0 saturated carbocycles. The molecule has 182 valence electrons. The van der Waals surface area contributed by atoms with Crippen LogP contribution in [0.3, 0.4) is 0 Å².